The van der Waals surface area contributed by atoms with Crippen molar-refractivity contribution in [3.05, 3.63) is 52.8 Å². The second-order valence-electron chi connectivity index (χ2n) is 9.64. The molecule has 2 aliphatic rings. The van der Waals surface area contributed by atoms with Gasteiger partial charge in [0.1, 0.15) is 28.6 Å². The molecule has 4 aromatic rings. The quantitative estimate of drug-likeness (QED) is 0.337. The van der Waals surface area contributed by atoms with Gasteiger partial charge >= 0.3 is 0 Å². The molecular weight excluding hydrogens is 556 g/mol. The number of halogens is 1. The van der Waals surface area contributed by atoms with Crippen LogP contribution in [-0.2, 0) is 14.3 Å². The summed E-state index contributed by atoms with van der Waals surface area (Å²) in [7, 11) is 0. The van der Waals surface area contributed by atoms with E-state index in [1.165, 1.54) is 17.5 Å². The van der Waals surface area contributed by atoms with Crippen LogP contribution in [0, 0.1) is 5.92 Å². The Morgan fingerprint density at radius 1 is 1.07 bits per heavy atom. The molecule has 1 saturated carbocycles. The number of amides is 3. The number of furan rings is 1. The number of fused-ring (bicyclic) bond motifs is 1. The highest BCUT2D eigenvalue weighted by atomic mass is 35.5. The van der Waals surface area contributed by atoms with Gasteiger partial charge in [0.2, 0.25) is 17.6 Å². The molecule has 206 valence electrons. The van der Waals surface area contributed by atoms with E-state index in [1.807, 2.05) is 10.3 Å². The molecule has 0 radical (unpaired) electrons. The molecule has 2 N–H and O–H groups in total. The number of carbonyl (C=O) groups is 3. The van der Waals surface area contributed by atoms with Crippen LogP contribution in [0.2, 0.25) is 5.02 Å². The molecule has 3 amide bonds. The number of hydrogen-bond donors (Lipinski definition) is 2. The van der Waals surface area contributed by atoms with E-state index in [9.17, 15) is 14.4 Å². The average molecular weight is 581 g/mol. The number of carbonyl (C=O) groups excluding carboxylic acids is 3. The van der Waals surface area contributed by atoms with Crippen LogP contribution in [0.4, 0.5) is 11.5 Å². The van der Waals surface area contributed by atoms with Crippen molar-refractivity contribution >= 4 is 63.3 Å². The van der Waals surface area contributed by atoms with Gasteiger partial charge in [-0.1, -0.05) is 11.6 Å². The van der Waals surface area contributed by atoms with Crippen molar-refractivity contribution in [2.45, 2.75) is 31.7 Å². The fraction of sp³-hybridized carbons (Fsp3) is 0.333. The van der Waals surface area contributed by atoms with Crippen LogP contribution < -0.4 is 10.6 Å². The van der Waals surface area contributed by atoms with Gasteiger partial charge in [-0.2, -0.15) is 0 Å². The standard InChI is InChI=1S/C27H25ClN6O5S/c28-16-3-8-20(30-13-16)32-26(37)24-23(22-19(39-24)7-6-18(31-22)27-29-9-12-40-27)33-25(36)15-1-4-17(5-2-15)34-10-11-38-14-21(34)35/h3,6-9,12-13,15,17H,1-2,4-5,10-11,14H2,(H,33,36)(H,30,32,37). The topological polar surface area (TPSA) is 140 Å². The lowest BCUT2D eigenvalue weighted by atomic mass is 9.84. The number of morpholine rings is 1. The van der Waals surface area contributed by atoms with Crippen molar-refractivity contribution in [3.8, 4) is 10.7 Å². The van der Waals surface area contributed by atoms with E-state index in [1.54, 1.807) is 30.5 Å². The molecule has 0 aromatic carbocycles. The Morgan fingerprint density at radius 3 is 2.65 bits per heavy atom. The smallest absolute Gasteiger partial charge is 0.294 e. The number of aromatic nitrogens is 3. The number of thiazole rings is 1. The predicted molar refractivity (Wildman–Crippen MR) is 149 cm³/mol. The number of hydrogen-bond acceptors (Lipinski definition) is 9. The van der Waals surface area contributed by atoms with E-state index >= 15 is 0 Å². The van der Waals surface area contributed by atoms with Crippen molar-refractivity contribution in [1.82, 2.24) is 19.9 Å². The molecule has 0 spiro atoms. The summed E-state index contributed by atoms with van der Waals surface area (Å²) in [6, 6.07) is 6.74. The molecule has 5 heterocycles. The van der Waals surface area contributed by atoms with Gasteiger partial charge in [0.25, 0.3) is 5.91 Å². The molecule has 6 rings (SSSR count). The third-order valence-corrected chi connectivity index (χ3v) is 8.16. The van der Waals surface area contributed by atoms with Gasteiger partial charge in [0.15, 0.2) is 5.58 Å². The maximum absolute atomic E-state index is 13.5. The van der Waals surface area contributed by atoms with Crippen molar-refractivity contribution in [2.75, 3.05) is 30.4 Å². The first-order valence-corrected chi connectivity index (χ1v) is 14.2. The number of nitrogens with zero attached hydrogens (tertiary/aromatic N) is 4. The van der Waals surface area contributed by atoms with E-state index in [2.05, 4.69) is 25.6 Å². The molecule has 13 heteroatoms. The summed E-state index contributed by atoms with van der Waals surface area (Å²) in [5.41, 5.74) is 1.48. The molecule has 1 aliphatic carbocycles. The summed E-state index contributed by atoms with van der Waals surface area (Å²) in [5, 5.41) is 8.61. The Kier molecular flexibility index (Phi) is 7.46. The maximum atomic E-state index is 13.5. The molecule has 11 nitrogen and oxygen atoms in total. The lowest BCUT2D eigenvalue weighted by Gasteiger charge is -2.38. The van der Waals surface area contributed by atoms with Crippen molar-refractivity contribution in [2.24, 2.45) is 5.92 Å². The molecule has 0 bridgehead atoms. The predicted octanol–water partition coefficient (Wildman–Crippen LogP) is 4.61. The minimum atomic E-state index is -0.589. The number of nitrogens with one attached hydrogen (secondary N) is 2. The number of ether oxygens (including phenoxy) is 1. The summed E-state index contributed by atoms with van der Waals surface area (Å²) in [6.45, 7) is 1.22. The Morgan fingerprint density at radius 2 is 1.93 bits per heavy atom. The summed E-state index contributed by atoms with van der Waals surface area (Å²) >= 11 is 7.34. The highest BCUT2D eigenvalue weighted by Crippen LogP contribution is 2.35. The first-order chi connectivity index (χ1) is 19.5. The van der Waals surface area contributed by atoms with Gasteiger partial charge in [-0.25, -0.2) is 15.0 Å². The molecule has 0 unspecified atom stereocenters. The zero-order chi connectivity index (χ0) is 27.6. The van der Waals surface area contributed by atoms with Crippen LogP contribution in [0.25, 0.3) is 21.8 Å². The molecule has 4 aromatic heterocycles. The zero-order valence-corrected chi connectivity index (χ0v) is 22.8. The zero-order valence-electron chi connectivity index (χ0n) is 21.3. The highest BCUT2D eigenvalue weighted by molar-refractivity contribution is 7.13. The fourth-order valence-electron chi connectivity index (χ4n) is 5.14. The summed E-state index contributed by atoms with van der Waals surface area (Å²) < 4.78 is 11.2. The monoisotopic (exact) mass is 580 g/mol. The van der Waals surface area contributed by atoms with Crippen molar-refractivity contribution in [1.29, 1.82) is 0 Å². The SMILES string of the molecule is O=C(Nc1ccc(Cl)cn1)c1oc2ccc(-c3nccs3)nc2c1NC(=O)C1CCC(N2CCOCC2=O)CC1. The van der Waals surface area contributed by atoms with Gasteiger partial charge < -0.3 is 24.7 Å². The molecule has 1 aliphatic heterocycles. The van der Waals surface area contributed by atoms with Crippen LogP contribution in [0.15, 0.2) is 46.5 Å². The Bertz CT molecular complexity index is 1550. The molecule has 1 saturated heterocycles. The van der Waals surface area contributed by atoms with Crippen LogP contribution in [0.1, 0.15) is 36.2 Å². The Hall–Kier alpha value is -3.87. The van der Waals surface area contributed by atoms with Gasteiger partial charge in [-0.15, -0.1) is 11.3 Å². The normalized spacial score (nSPS) is 19.5. The molecule has 40 heavy (non-hydrogen) atoms. The number of pyridine rings is 2. The van der Waals surface area contributed by atoms with Gasteiger partial charge in [-0.05, 0) is 49.9 Å². The van der Waals surface area contributed by atoms with E-state index in [0.717, 1.165) is 12.8 Å². The van der Waals surface area contributed by atoms with E-state index in [-0.39, 0.29) is 47.6 Å². The average Bonchev–Trinajstić information content (AvgIpc) is 3.63. The number of rotatable bonds is 6. The minimum Gasteiger partial charge on any atom is -0.447 e. The molecule has 2 fully saturated rings. The molecular formula is C27H25ClN6O5S. The first kappa shape index (κ1) is 26.4. The van der Waals surface area contributed by atoms with Crippen LogP contribution in [0.5, 0.6) is 0 Å². The highest BCUT2D eigenvalue weighted by Gasteiger charge is 2.34. The van der Waals surface area contributed by atoms with Crippen LogP contribution in [0.3, 0.4) is 0 Å². The Balaban J connectivity index is 1.25. The largest absolute Gasteiger partial charge is 0.447 e. The first-order valence-electron chi connectivity index (χ1n) is 12.9. The van der Waals surface area contributed by atoms with Crippen molar-refractivity contribution in [3.63, 3.8) is 0 Å². The second-order valence-corrected chi connectivity index (χ2v) is 11.0. The third-order valence-electron chi connectivity index (χ3n) is 7.14. The lowest BCUT2D eigenvalue weighted by molar-refractivity contribution is -0.146. The maximum Gasteiger partial charge on any atom is 0.294 e. The lowest BCUT2D eigenvalue weighted by Crippen LogP contribution is -2.49. The minimum absolute atomic E-state index is 0.00282. The van der Waals surface area contributed by atoms with Gasteiger partial charge in [-0.3, -0.25) is 14.4 Å². The third kappa shape index (κ3) is 5.42. The van der Waals surface area contributed by atoms with Gasteiger partial charge in [0.05, 0.1) is 17.3 Å². The van der Waals surface area contributed by atoms with E-state index < -0.39 is 5.91 Å². The van der Waals surface area contributed by atoms with Crippen LogP contribution in [-0.4, -0.2) is 63.4 Å². The van der Waals surface area contributed by atoms with Gasteiger partial charge in [0, 0.05) is 36.3 Å². The summed E-state index contributed by atoms with van der Waals surface area (Å²) in [4.78, 5) is 54.0. The summed E-state index contributed by atoms with van der Waals surface area (Å²) in [6.07, 6.45) is 5.77. The van der Waals surface area contributed by atoms with E-state index in [0.29, 0.717) is 52.8 Å². The number of anilines is 2. The fourth-order valence-corrected chi connectivity index (χ4v) is 5.85. The molecule has 0 atom stereocenters. The Labute approximate surface area is 237 Å². The summed E-state index contributed by atoms with van der Waals surface area (Å²) in [5.74, 6) is -0.913. The van der Waals surface area contributed by atoms with Crippen molar-refractivity contribution < 1.29 is 23.5 Å². The second kappa shape index (κ2) is 11.3. The van der Waals surface area contributed by atoms with E-state index in [4.69, 9.17) is 20.8 Å². The van der Waals surface area contributed by atoms with Crippen LogP contribution >= 0.6 is 22.9 Å².